The smallest absolute Gasteiger partial charge is 0.144 e. The second kappa shape index (κ2) is 6.69. The van der Waals surface area contributed by atoms with Gasteiger partial charge in [0.25, 0.3) is 0 Å². The van der Waals surface area contributed by atoms with Crippen LogP contribution < -0.4 is 15.8 Å². The van der Waals surface area contributed by atoms with Gasteiger partial charge in [-0.25, -0.2) is 0 Å². The third kappa shape index (κ3) is 4.05. The van der Waals surface area contributed by atoms with Gasteiger partial charge in [0.15, 0.2) is 0 Å². The number of nitrogens with one attached hydrogen (secondary N) is 1. The Balaban J connectivity index is 1.96. The summed E-state index contributed by atoms with van der Waals surface area (Å²) in [5.41, 5.74) is 7.77. The lowest BCUT2D eigenvalue weighted by atomic mass is 9.87. The molecule has 1 saturated carbocycles. The van der Waals surface area contributed by atoms with Gasteiger partial charge in [0.05, 0.1) is 12.3 Å². The van der Waals surface area contributed by atoms with Gasteiger partial charge in [-0.2, -0.15) is 0 Å². The van der Waals surface area contributed by atoms with E-state index in [2.05, 4.69) is 19.2 Å². The Morgan fingerprint density at radius 3 is 2.68 bits per heavy atom. The molecule has 19 heavy (non-hydrogen) atoms. The molecule has 0 saturated heterocycles. The standard InChI is InChI=1S/C16H26N2O/c1-3-10-19-16-11-14(8-9-15(16)17)18-13-6-4-12(2)5-7-13/h8-9,11-13,18H,3-7,10,17H2,1-2H3. The highest BCUT2D eigenvalue weighted by Crippen LogP contribution is 2.29. The Labute approximate surface area is 116 Å². The lowest BCUT2D eigenvalue weighted by Gasteiger charge is -2.28. The van der Waals surface area contributed by atoms with E-state index >= 15 is 0 Å². The molecule has 0 bridgehead atoms. The average molecular weight is 262 g/mol. The van der Waals surface area contributed by atoms with E-state index in [0.717, 1.165) is 29.5 Å². The number of benzene rings is 1. The minimum absolute atomic E-state index is 0.596. The predicted octanol–water partition coefficient (Wildman–Crippen LogP) is 4.05. The Kier molecular flexibility index (Phi) is 4.94. The maximum atomic E-state index is 5.93. The maximum absolute atomic E-state index is 5.93. The highest BCUT2D eigenvalue weighted by Gasteiger charge is 2.18. The van der Waals surface area contributed by atoms with Crippen molar-refractivity contribution in [2.24, 2.45) is 5.92 Å². The molecule has 1 fully saturated rings. The Morgan fingerprint density at radius 2 is 2.00 bits per heavy atom. The molecule has 2 rings (SSSR count). The largest absolute Gasteiger partial charge is 0.491 e. The normalized spacial score (nSPS) is 23.1. The van der Waals surface area contributed by atoms with Crippen LogP contribution in [0.15, 0.2) is 18.2 Å². The van der Waals surface area contributed by atoms with Gasteiger partial charge in [-0.05, 0) is 50.2 Å². The van der Waals surface area contributed by atoms with Gasteiger partial charge in [-0.3, -0.25) is 0 Å². The van der Waals surface area contributed by atoms with E-state index in [1.165, 1.54) is 25.7 Å². The van der Waals surface area contributed by atoms with Crippen molar-refractivity contribution in [1.29, 1.82) is 0 Å². The molecule has 0 aliphatic heterocycles. The number of ether oxygens (including phenoxy) is 1. The monoisotopic (exact) mass is 262 g/mol. The predicted molar refractivity (Wildman–Crippen MR) is 81.7 cm³/mol. The number of anilines is 2. The lowest BCUT2D eigenvalue weighted by molar-refractivity contribution is 0.319. The van der Waals surface area contributed by atoms with Gasteiger partial charge in [0.1, 0.15) is 5.75 Å². The molecular formula is C16H26N2O. The molecule has 0 aromatic heterocycles. The molecule has 3 N–H and O–H groups in total. The van der Waals surface area contributed by atoms with Crippen LogP contribution in [0.3, 0.4) is 0 Å². The quantitative estimate of drug-likeness (QED) is 0.787. The van der Waals surface area contributed by atoms with E-state index in [1.807, 2.05) is 18.2 Å². The summed E-state index contributed by atoms with van der Waals surface area (Å²) in [4.78, 5) is 0. The SMILES string of the molecule is CCCOc1cc(NC2CCC(C)CC2)ccc1N. The van der Waals surface area contributed by atoms with Crippen LogP contribution >= 0.6 is 0 Å². The fourth-order valence-electron chi connectivity index (χ4n) is 2.60. The highest BCUT2D eigenvalue weighted by molar-refractivity contribution is 5.61. The topological polar surface area (TPSA) is 47.3 Å². The number of nitrogen functional groups attached to an aromatic ring is 1. The molecule has 0 spiro atoms. The van der Waals surface area contributed by atoms with Crippen molar-refractivity contribution in [1.82, 2.24) is 0 Å². The molecule has 0 amide bonds. The minimum Gasteiger partial charge on any atom is -0.491 e. The van der Waals surface area contributed by atoms with E-state index in [9.17, 15) is 0 Å². The first kappa shape index (κ1) is 14.0. The zero-order chi connectivity index (χ0) is 13.7. The molecule has 1 aliphatic carbocycles. The van der Waals surface area contributed by atoms with Crippen LogP contribution in [0.2, 0.25) is 0 Å². The summed E-state index contributed by atoms with van der Waals surface area (Å²) in [5.74, 6) is 1.68. The van der Waals surface area contributed by atoms with Crippen LogP contribution in [-0.2, 0) is 0 Å². The third-order valence-corrected chi connectivity index (χ3v) is 3.86. The molecule has 0 atom stereocenters. The molecule has 1 aromatic rings. The van der Waals surface area contributed by atoms with Gasteiger partial charge in [-0.15, -0.1) is 0 Å². The van der Waals surface area contributed by atoms with Crippen LogP contribution in [0.5, 0.6) is 5.75 Å². The second-order valence-electron chi connectivity index (χ2n) is 5.70. The van der Waals surface area contributed by atoms with E-state index in [1.54, 1.807) is 0 Å². The van der Waals surface area contributed by atoms with Crippen molar-refractivity contribution < 1.29 is 4.74 Å². The zero-order valence-corrected chi connectivity index (χ0v) is 12.1. The molecular weight excluding hydrogens is 236 g/mol. The third-order valence-electron chi connectivity index (χ3n) is 3.86. The molecule has 0 radical (unpaired) electrons. The first-order chi connectivity index (χ1) is 9.19. The van der Waals surface area contributed by atoms with Crippen molar-refractivity contribution in [2.45, 2.75) is 52.0 Å². The van der Waals surface area contributed by atoms with Crippen LogP contribution in [0, 0.1) is 5.92 Å². The van der Waals surface area contributed by atoms with Crippen LogP contribution in [-0.4, -0.2) is 12.6 Å². The molecule has 0 heterocycles. The summed E-state index contributed by atoms with van der Waals surface area (Å²) in [6, 6.07) is 6.60. The molecule has 1 aliphatic rings. The van der Waals surface area contributed by atoms with E-state index < -0.39 is 0 Å². The Hall–Kier alpha value is -1.38. The molecule has 1 aromatic carbocycles. The average Bonchev–Trinajstić information content (AvgIpc) is 2.42. The van der Waals surface area contributed by atoms with Crippen LogP contribution in [0.25, 0.3) is 0 Å². The number of rotatable bonds is 5. The van der Waals surface area contributed by atoms with E-state index in [4.69, 9.17) is 10.5 Å². The first-order valence-electron chi connectivity index (χ1n) is 7.48. The summed E-state index contributed by atoms with van der Waals surface area (Å²) in [6.45, 7) is 5.16. The van der Waals surface area contributed by atoms with Crippen LogP contribution in [0.1, 0.15) is 46.0 Å². The van der Waals surface area contributed by atoms with Crippen molar-refractivity contribution in [2.75, 3.05) is 17.7 Å². The summed E-state index contributed by atoms with van der Waals surface area (Å²) >= 11 is 0. The number of hydrogen-bond donors (Lipinski definition) is 2. The summed E-state index contributed by atoms with van der Waals surface area (Å²) in [7, 11) is 0. The van der Waals surface area contributed by atoms with Gasteiger partial charge in [0, 0.05) is 17.8 Å². The summed E-state index contributed by atoms with van der Waals surface area (Å²) in [5, 5.41) is 3.61. The van der Waals surface area contributed by atoms with Gasteiger partial charge in [-0.1, -0.05) is 13.8 Å². The van der Waals surface area contributed by atoms with Crippen molar-refractivity contribution in [3.05, 3.63) is 18.2 Å². The number of hydrogen-bond acceptors (Lipinski definition) is 3. The van der Waals surface area contributed by atoms with Crippen LogP contribution in [0.4, 0.5) is 11.4 Å². The van der Waals surface area contributed by atoms with Gasteiger partial charge < -0.3 is 15.8 Å². The van der Waals surface area contributed by atoms with Crippen molar-refractivity contribution >= 4 is 11.4 Å². The molecule has 3 nitrogen and oxygen atoms in total. The molecule has 0 unspecified atom stereocenters. The van der Waals surface area contributed by atoms with Gasteiger partial charge in [0.2, 0.25) is 0 Å². The van der Waals surface area contributed by atoms with E-state index in [-0.39, 0.29) is 0 Å². The Bertz CT molecular complexity index is 398. The fourth-order valence-corrected chi connectivity index (χ4v) is 2.60. The molecule has 106 valence electrons. The highest BCUT2D eigenvalue weighted by atomic mass is 16.5. The molecule has 3 heteroatoms. The maximum Gasteiger partial charge on any atom is 0.144 e. The van der Waals surface area contributed by atoms with Crippen molar-refractivity contribution in [3.8, 4) is 5.75 Å². The summed E-state index contributed by atoms with van der Waals surface area (Å²) < 4.78 is 5.67. The fraction of sp³-hybridized carbons (Fsp3) is 0.625. The number of nitrogens with two attached hydrogens (primary N) is 1. The Morgan fingerprint density at radius 1 is 1.26 bits per heavy atom. The zero-order valence-electron chi connectivity index (χ0n) is 12.1. The first-order valence-corrected chi connectivity index (χ1v) is 7.48. The van der Waals surface area contributed by atoms with Crippen molar-refractivity contribution in [3.63, 3.8) is 0 Å². The lowest BCUT2D eigenvalue weighted by Crippen LogP contribution is -2.25. The van der Waals surface area contributed by atoms with Gasteiger partial charge >= 0.3 is 0 Å². The second-order valence-corrected chi connectivity index (χ2v) is 5.70. The summed E-state index contributed by atoms with van der Waals surface area (Å²) in [6.07, 6.45) is 6.17. The minimum atomic E-state index is 0.596. The van der Waals surface area contributed by atoms with E-state index in [0.29, 0.717) is 12.6 Å².